The maximum absolute atomic E-state index is 12.3. The highest BCUT2D eigenvalue weighted by molar-refractivity contribution is 9.10. The molecular weight excluding hydrogens is 249 g/mol. The average molecular weight is 255 g/mol. The van der Waals surface area contributed by atoms with Crippen LogP contribution in [0.2, 0.25) is 0 Å². The topological polar surface area (TPSA) is 24.9 Å². The Kier molecular flexibility index (Phi) is 2.80. The standard InChI is InChI=1S/C7H6BrF3N2/c1-4-2-3-5(7(9,10)11)6(12-4)13-8/h2-3H,1H3,(H,12,13). The summed E-state index contributed by atoms with van der Waals surface area (Å²) < 4.78 is 39.0. The Labute approximate surface area is 81.5 Å². The van der Waals surface area contributed by atoms with Crippen LogP contribution in [-0.4, -0.2) is 4.98 Å². The Bertz CT molecular complexity index is 311. The summed E-state index contributed by atoms with van der Waals surface area (Å²) in [5.74, 6) is -0.215. The van der Waals surface area contributed by atoms with Gasteiger partial charge < -0.3 is 4.34 Å². The number of hydrogen-bond donors (Lipinski definition) is 1. The number of anilines is 1. The largest absolute Gasteiger partial charge is 0.419 e. The lowest BCUT2D eigenvalue weighted by Gasteiger charge is -2.10. The molecule has 0 aliphatic heterocycles. The highest BCUT2D eigenvalue weighted by Gasteiger charge is 2.34. The van der Waals surface area contributed by atoms with Crippen LogP contribution in [0.1, 0.15) is 11.3 Å². The zero-order valence-corrected chi connectivity index (χ0v) is 8.20. The molecule has 0 aliphatic carbocycles. The van der Waals surface area contributed by atoms with Crippen LogP contribution in [0.25, 0.3) is 0 Å². The molecule has 0 atom stereocenters. The van der Waals surface area contributed by atoms with Gasteiger partial charge in [-0.15, -0.1) is 0 Å². The molecule has 13 heavy (non-hydrogen) atoms. The predicted molar refractivity (Wildman–Crippen MR) is 46.5 cm³/mol. The van der Waals surface area contributed by atoms with Gasteiger partial charge in [0, 0.05) is 21.8 Å². The van der Waals surface area contributed by atoms with Gasteiger partial charge >= 0.3 is 6.18 Å². The van der Waals surface area contributed by atoms with Gasteiger partial charge in [0.2, 0.25) is 0 Å². The second kappa shape index (κ2) is 3.53. The lowest BCUT2D eigenvalue weighted by Crippen LogP contribution is -2.09. The molecule has 0 spiro atoms. The first-order valence-corrected chi connectivity index (χ1v) is 4.16. The second-order valence-corrected chi connectivity index (χ2v) is 2.84. The monoisotopic (exact) mass is 254 g/mol. The number of pyridine rings is 1. The molecule has 1 aromatic rings. The van der Waals surface area contributed by atoms with E-state index in [0.717, 1.165) is 6.07 Å². The van der Waals surface area contributed by atoms with E-state index < -0.39 is 11.7 Å². The highest BCUT2D eigenvalue weighted by Crippen LogP contribution is 2.34. The number of halogens is 4. The van der Waals surface area contributed by atoms with Crippen LogP contribution in [0.5, 0.6) is 0 Å². The van der Waals surface area contributed by atoms with Crippen LogP contribution in [0, 0.1) is 6.92 Å². The smallest absolute Gasteiger partial charge is 0.306 e. The van der Waals surface area contributed by atoms with Crippen molar-refractivity contribution < 1.29 is 13.2 Å². The second-order valence-electron chi connectivity index (χ2n) is 2.44. The van der Waals surface area contributed by atoms with E-state index in [1.807, 2.05) is 0 Å². The van der Waals surface area contributed by atoms with E-state index in [-0.39, 0.29) is 5.82 Å². The minimum Gasteiger partial charge on any atom is -0.306 e. The molecule has 2 nitrogen and oxygen atoms in total. The summed E-state index contributed by atoms with van der Waals surface area (Å²) in [6, 6.07) is 2.31. The Morgan fingerprint density at radius 2 is 2.00 bits per heavy atom. The van der Waals surface area contributed by atoms with E-state index in [4.69, 9.17) is 0 Å². The van der Waals surface area contributed by atoms with Gasteiger partial charge in [-0.1, -0.05) is 0 Å². The van der Waals surface area contributed by atoms with Crippen LogP contribution in [0.15, 0.2) is 12.1 Å². The fourth-order valence-corrected chi connectivity index (χ4v) is 1.16. The molecule has 6 heteroatoms. The third kappa shape index (κ3) is 2.33. The van der Waals surface area contributed by atoms with Crippen molar-refractivity contribution in [2.75, 3.05) is 4.34 Å². The van der Waals surface area contributed by atoms with Crippen LogP contribution in [0.3, 0.4) is 0 Å². The van der Waals surface area contributed by atoms with Gasteiger partial charge in [0.1, 0.15) is 5.82 Å². The third-order valence-corrected chi connectivity index (χ3v) is 1.80. The third-order valence-electron chi connectivity index (χ3n) is 1.43. The number of nitrogens with zero attached hydrogens (tertiary/aromatic N) is 1. The first-order valence-electron chi connectivity index (χ1n) is 3.36. The van der Waals surface area contributed by atoms with Crippen molar-refractivity contribution in [1.29, 1.82) is 0 Å². The van der Waals surface area contributed by atoms with Gasteiger partial charge in [0.05, 0.1) is 5.56 Å². The summed E-state index contributed by atoms with van der Waals surface area (Å²) in [6.45, 7) is 1.62. The summed E-state index contributed by atoms with van der Waals surface area (Å²) in [6.07, 6.45) is -4.38. The number of aromatic nitrogens is 1. The van der Waals surface area contributed by atoms with E-state index in [2.05, 4.69) is 25.5 Å². The average Bonchev–Trinajstić information content (AvgIpc) is 2.01. The van der Waals surface area contributed by atoms with Gasteiger partial charge in [-0.25, -0.2) is 4.98 Å². The SMILES string of the molecule is Cc1ccc(C(F)(F)F)c(NBr)n1. The van der Waals surface area contributed by atoms with E-state index in [1.54, 1.807) is 6.92 Å². The molecule has 1 heterocycles. The first kappa shape index (κ1) is 10.3. The summed E-state index contributed by atoms with van der Waals surface area (Å²) >= 11 is 2.72. The number of hydrogen-bond acceptors (Lipinski definition) is 2. The minimum atomic E-state index is -4.38. The number of aryl methyl sites for hydroxylation is 1. The molecule has 1 rings (SSSR count). The van der Waals surface area contributed by atoms with Crippen molar-refractivity contribution in [3.63, 3.8) is 0 Å². The lowest BCUT2D eigenvalue weighted by atomic mass is 10.2. The van der Waals surface area contributed by atoms with E-state index in [9.17, 15) is 13.2 Å². The van der Waals surface area contributed by atoms with Crippen LogP contribution in [-0.2, 0) is 6.18 Å². The van der Waals surface area contributed by atoms with Gasteiger partial charge in [-0.05, 0) is 19.1 Å². The molecule has 1 aromatic heterocycles. The van der Waals surface area contributed by atoms with Crippen molar-refractivity contribution in [1.82, 2.24) is 4.98 Å². The fraction of sp³-hybridized carbons (Fsp3) is 0.286. The molecule has 0 amide bonds. The Hall–Kier alpha value is -0.780. The molecule has 1 N–H and O–H groups in total. The summed E-state index contributed by atoms with van der Waals surface area (Å²) in [5.41, 5.74) is -0.259. The first-order chi connectivity index (χ1) is 5.95. The van der Waals surface area contributed by atoms with E-state index >= 15 is 0 Å². The molecule has 0 aliphatic rings. The summed E-state index contributed by atoms with van der Waals surface area (Å²) in [5, 5.41) is 0. The van der Waals surface area contributed by atoms with Gasteiger partial charge in [0.25, 0.3) is 0 Å². The minimum absolute atomic E-state index is 0.215. The highest BCUT2D eigenvalue weighted by atomic mass is 79.9. The predicted octanol–water partition coefficient (Wildman–Crippen LogP) is 3.13. The fourth-order valence-electron chi connectivity index (χ4n) is 0.857. The lowest BCUT2D eigenvalue weighted by molar-refractivity contribution is -0.137. The molecule has 0 aromatic carbocycles. The van der Waals surface area contributed by atoms with E-state index in [0.29, 0.717) is 5.69 Å². The molecule has 0 bridgehead atoms. The summed E-state index contributed by atoms with van der Waals surface area (Å²) in [7, 11) is 0. The zero-order valence-electron chi connectivity index (χ0n) is 6.61. The van der Waals surface area contributed by atoms with Crippen LogP contribution >= 0.6 is 16.1 Å². The van der Waals surface area contributed by atoms with Crippen molar-refractivity contribution in [3.8, 4) is 0 Å². The maximum atomic E-state index is 12.3. The number of nitrogens with one attached hydrogen (secondary N) is 1. The molecule has 0 radical (unpaired) electrons. The van der Waals surface area contributed by atoms with Crippen LogP contribution in [0.4, 0.5) is 19.0 Å². The molecule has 0 saturated heterocycles. The Morgan fingerprint density at radius 3 is 2.46 bits per heavy atom. The Balaban J connectivity index is 3.22. The van der Waals surface area contributed by atoms with Crippen molar-refractivity contribution in [3.05, 3.63) is 23.4 Å². The molecule has 72 valence electrons. The van der Waals surface area contributed by atoms with E-state index in [1.165, 1.54) is 6.07 Å². The molecular formula is C7H6BrF3N2. The van der Waals surface area contributed by atoms with Crippen molar-refractivity contribution in [2.45, 2.75) is 13.1 Å². The van der Waals surface area contributed by atoms with Crippen molar-refractivity contribution in [2.24, 2.45) is 0 Å². The van der Waals surface area contributed by atoms with Crippen LogP contribution < -0.4 is 4.34 Å². The molecule has 0 unspecified atom stereocenters. The summed E-state index contributed by atoms with van der Waals surface area (Å²) in [4.78, 5) is 3.68. The van der Waals surface area contributed by atoms with Gasteiger partial charge in [-0.2, -0.15) is 13.2 Å². The molecule has 0 saturated carbocycles. The normalized spacial score (nSPS) is 11.5. The zero-order chi connectivity index (χ0) is 10.1. The Morgan fingerprint density at radius 1 is 1.38 bits per heavy atom. The maximum Gasteiger partial charge on any atom is 0.419 e. The van der Waals surface area contributed by atoms with Gasteiger partial charge in [-0.3, -0.25) is 0 Å². The quantitative estimate of drug-likeness (QED) is 0.780. The van der Waals surface area contributed by atoms with Crippen molar-refractivity contribution >= 4 is 22.0 Å². The van der Waals surface area contributed by atoms with Gasteiger partial charge in [0.15, 0.2) is 0 Å². The number of alkyl halides is 3. The molecule has 0 fully saturated rings. The number of rotatable bonds is 1.